The Morgan fingerprint density at radius 1 is 1.11 bits per heavy atom. The van der Waals surface area contributed by atoms with Crippen LogP contribution in [-0.2, 0) is 16.1 Å². The molecule has 3 aromatic rings. The van der Waals surface area contributed by atoms with Gasteiger partial charge in [-0.2, -0.15) is 0 Å². The molecule has 6 heteroatoms. The third-order valence-electron chi connectivity index (χ3n) is 4.04. The number of fused-ring (bicyclic) bond motifs is 1. The minimum Gasteiger partial charge on any atom is -0.478 e. The first kappa shape index (κ1) is 18.4. The molecule has 0 bridgehead atoms. The largest absolute Gasteiger partial charge is 0.478 e. The van der Waals surface area contributed by atoms with Gasteiger partial charge < -0.3 is 15.2 Å². The van der Waals surface area contributed by atoms with Crippen molar-refractivity contribution in [2.45, 2.75) is 26.6 Å². The molecule has 0 unspecified atom stereocenters. The number of pyridine rings is 1. The fraction of sp³-hybridized carbons (Fsp3) is 0.190. The zero-order valence-electron chi connectivity index (χ0n) is 15.1. The summed E-state index contributed by atoms with van der Waals surface area (Å²) in [6.07, 6.45) is -0.860. The summed E-state index contributed by atoms with van der Waals surface area (Å²) in [6, 6.07) is 16.4. The van der Waals surface area contributed by atoms with E-state index >= 15 is 0 Å². The van der Waals surface area contributed by atoms with Gasteiger partial charge in [0.15, 0.2) is 6.10 Å². The average Bonchev–Trinajstić information content (AvgIpc) is 2.66. The van der Waals surface area contributed by atoms with Gasteiger partial charge in [-0.25, -0.2) is 9.78 Å². The molecule has 0 spiro atoms. The second kappa shape index (κ2) is 7.86. The molecule has 1 amide bonds. The molecule has 3 rings (SSSR count). The van der Waals surface area contributed by atoms with E-state index in [9.17, 15) is 9.59 Å². The minimum atomic E-state index is -0.860. The van der Waals surface area contributed by atoms with E-state index in [4.69, 9.17) is 15.2 Å². The van der Waals surface area contributed by atoms with Crippen molar-refractivity contribution in [3.63, 3.8) is 0 Å². The van der Waals surface area contributed by atoms with E-state index in [-0.39, 0.29) is 12.3 Å². The van der Waals surface area contributed by atoms with Crippen LogP contribution in [0.4, 0.5) is 0 Å². The first-order chi connectivity index (χ1) is 12.9. The number of rotatable bonds is 6. The van der Waals surface area contributed by atoms with Crippen LogP contribution in [0, 0.1) is 6.92 Å². The van der Waals surface area contributed by atoms with Crippen molar-refractivity contribution in [2.75, 3.05) is 0 Å². The molecular weight excluding hydrogens is 344 g/mol. The number of ether oxygens (including phenoxy) is 2. The number of carbonyl (C=O) groups is 2. The molecule has 1 aromatic heterocycles. The van der Waals surface area contributed by atoms with Gasteiger partial charge in [0.05, 0.1) is 5.52 Å². The molecule has 27 heavy (non-hydrogen) atoms. The van der Waals surface area contributed by atoms with E-state index in [1.807, 2.05) is 55.5 Å². The Bertz CT molecular complexity index is 986. The summed E-state index contributed by atoms with van der Waals surface area (Å²) >= 11 is 0. The highest BCUT2D eigenvalue weighted by molar-refractivity contribution is 5.96. The Labute approximate surface area is 156 Å². The topological polar surface area (TPSA) is 91.5 Å². The molecule has 2 N–H and O–H groups in total. The molecule has 0 saturated heterocycles. The van der Waals surface area contributed by atoms with Gasteiger partial charge in [0.1, 0.15) is 18.1 Å². The van der Waals surface area contributed by atoms with E-state index in [0.29, 0.717) is 16.7 Å². The third-order valence-corrected chi connectivity index (χ3v) is 4.04. The molecule has 2 aromatic carbocycles. The predicted octanol–water partition coefficient (Wildman–Crippen LogP) is 3.15. The van der Waals surface area contributed by atoms with Crippen molar-refractivity contribution in [1.82, 2.24) is 4.98 Å². The maximum absolute atomic E-state index is 12.3. The molecule has 0 saturated carbocycles. The number of benzene rings is 2. The first-order valence-electron chi connectivity index (χ1n) is 8.52. The number of esters is 1. The van der Waals surface area contributed by atoms with Crippen LogP contribution in [0.15, 0.2) is 54.6 Å². The zero-order valence-corrected chi connectivity index (χ0v) is 15.1. The Morgan fingerprint density at radius 2 is 1.85 bits per heavy atom. The van der Waals surface area contributed by atoms with Gasteiger partial charge in [-0.3, -0.25) is 4.79 Å². The summed E-state index contributed by atoms with van der Waals surface area (Å²) in [5.74, 6) is -0.808. The highest BCUT2D eigenvalue weighted by Gasteiger charge is 2.19. The van der Waals surface area contributed by atoms with E-state index < -0.39 is 18.0 Å². The number of primary amides is 1. The molecular formula is C21H20N2O4. The monoisotopic (exact) mass is 364 g/mol. The number of nitrogens with zero attached hydrogens (tertiary/aromatic N) is 1. The second-order valence-electron chi connectivity index (χ2n) is 6.24. The third kappa shape index (κ3) is 4.41. The molecule has 0 aliphatic carbocycles. The number of nitrogens with two attached hydrogens (primary N) is 1. The summed E-state index contributed by atoms with van der Waals surface area (Å²) in [7, 11) is 0. The van der Waals surface area contributed by atoms with Crippen molar-refractivity contribution >= 4 is 22.8 Å². The Morgan fingerprint density at radius 3 is 2.56 bits per heavy atom. The molecule has 0 aliphatic heterocycles. The van der Waals surface area contributed by atoms with Gasteiger partial charge in [-0.1, -0.05) is 36.4 Å². The van der Waals surface area contributed by atoms with Crippen molar-refractivity contribution in [3.05, 3.63) is 71.4 Å². The SMILES string of the molecule is Cc1ccc2c(O[C@H](C)C(=O)OCc3ccccc3)cc(C(N)=O)nc2c1. The standard InChI is InChI=1S/C21H20N2O4/c1-13-8-9-16-17(10-13)23-18(20(22)24)11-19(16)27-14(2)21(25)26-12-15-6-4-3-5-7-15/h3-11,14H,12H2,1-2H3,(H2,22,24)/t14-/m1/s1. The smallest absolute Gasteiger partial charge is 0.347 e. The summed E-state index contributed by atoms with van der Waals surface area (Å²) < 4.78 is 11.1. The Balaban J connectivity index is 1.80. The van der Waals surface area contributed by atoms with E-state index in [0.717, 1.165) is 11.1 Å². The van der Waals surface area contributed by atoms with Crippen LogP contribution in [0.25, 0.3) is 10.9 Å². The lowest BCUT2D eigenvalue weighted by atomic mass is 10.1. The van der Waals surface area contributed by atoms with Crippen LogP contribution < -0.4 is 10.5 Å². The van der Waals surface area contributed by atoms with E-state index in [2.05, 4.69) is 4.98 Å². The number of carbonyl (C=O) groups excluding carboxylic acids is 2. The number of amides is 1. The number of hydrogen-bond acceptors (Lipinski definition) is 5. The molecule has 0 radical (unpaired) electrons. The van der Waals surface area contributed by atoms with Gasteiger partial charge in [-0.15, -0.1) is 0 Å². The molecule has 138 valence electrons. The van der Waals surface area contributed by atoms with Gasteiger partial charge >= 0.3 is 5.97 Å². The van der Waals surface area contributed by atoms with Crippen LogP contribution in [-0.4, -0.2) is 23.0 Å². The second-order valence-corrected chi connectivity index (χ2v) is 6.24. The minimum absolute atomic E-state index is 0.0768. The van der Waals surface area contributed by atoms with Gasteiger partial charge in [0.25, 0.3) is 5.91 Å². The van der Waals surface area contributed by atoms with Crippen molar-refractivity contribution in [3.8, 4) is 5.75 Å². The number of aryl methyl sites for hydroxylation is 1. The van der Waals surface area contributed by atoms with E-state index in [1.165, 1.54) is 6.07 Å². The Hall–Kier alpha value is -3.41. The molecule has 0 fully saturated rings. The maximum atomic E-state index is 12.3. The van der Waals surface area contributed by atoms with Crippen LogP contribution >= 0.6 is 0 Å². The van der Waals surface area contributed by atoms with Crippen LogP contribution in [0.3, 0.4) is 0 Å². The molecule has 1 heterocycles. The quantitative estimate of drug-likeness (QED) is 0.679. The predicted molar refractivity (Wildman–Crippen MR) is 101 cm³/mol. The summed E-state index contributed by atoms with van der Waals surface area (Å²) in [6.45, 7) is 3.68. The maximum Gasteiger partial charge on any atom is 0.347 e. The molecule has 6 nitrogen and oxygen atoms in total. The lowest BCUT2D eigenvalue weighted by Crippen LogP contribution is -2.26. The fourth-order valence-corrected chi connectivity index (χ4v) is 2.61. The lowest BCUT2D eigenvalue weighted by molar-refractivity contribution is -0.152. The number of aromatic nitrogens is 1. The van der Waals surface area contributed by atoms with Gasteiger partial charge in [0.2, 0.25) is 0 Å². The van der Waals surface area contributed by atoms with Crippen LogP contribution in [0.5, 0.6) is 5.75 Å². The van der Waals surface area contributed by atoms with Crippen molar-refractivity contribution in [1.29, 1.82) is 0 Å². The summed E-state index contributed by atoms with van der Waals surface area (Å²) in [5.41, 5.74) is 7.89. The average molecular weight is 364 g/mol. The number of hydrogen-bond donors (Lipinski definition) is 1. The Kier molecular flexibility index (Phi) is 5.35. The highest BCUT2D eigenvalue weighted by Crippen LogP contribution is 2.27. The summed E-state index contributed by atoms with van der Waals surface area (Å²) in [5, 5.41) is 0.688. The summed E-state index contributed by atoms with van der Waals surface area (Å²) in [4.78, 5) is 28.1. The molecule has 0 aliphatic rings. The van der Waals surface area contributed by atoms with Gasteiger partial charge in [0, 0.05) is 11.5 Å². The highest BCUT2D eigenvalue weighted by atomic mass is 16.6. The lowest BCUT2D eigenvalue weighted by Gasteiger charge is -2.16. The van der Waals surface area contributed by atoms with Crippen LogP contribution in [0.1, 0.15) is 28.5 Å². The first-order valence-corrected chi connectivity index (χ1v) is 8.52. The van der Waals surface area contributed by atoms with Crippen molar-refractivity contribution < 1.29 is 19.1 Å². The fourth-order valence-electron chi connectivity index (χ4n) is 2.61. The van der Waals surface area contributed by atoms with E-state index in [1.54, 1.807) is 6.92 Å². The van der Waals surface area contributed by atoms with Gasteiger partial charge in [-0.05, 0) is 37.1 Å². The zero-order chi connectivity index (χ0) is 19.4. The molecule has 1 atom stereocenters. The normalized spacial score (nSPS) is 11.8. The van der Waals surface area contributed by atoms with Crippen LogP contribution in [0.2, 0.25) is 0 Å². The van der Waals surface area contributed by atoms with Crippen molar-refractivity contribution in [2.24, 2.45) is 5.73 Å².